The van der Waals surface area contributed by atoms with Crippen LogP contribution in [0.25, 0.3) is 5.69 Å². The summed E-state index contributed by atoms with van der Waals surface area (Å²) in [6.45, 7) is 1.85. The smallest absolute Gasteiger partial charge is 0.396 e. The van der Waals surface area contributed by atoms with E-state index in [9.17, 15) is 18.0 Å². The molecule has 0 saturated carbocycles. The van der Waals surface area contributed by atoms with Crippen molar-refractivity contribution >= 4 is 5.91 Å². The van der Waals surface area contributed by atoms with Gasteiger partial charge < -0.3 is 10.4 Å². The first-order valence-electron chi connectivity index (χ1n) is 7.46. The number of hydrogen-bond donors (Lipinski definition) is 2. The maximum atomic E-state index is 12.8. The Labute approximate surface area is 137 Å². The van der Waals surface area contributed by atoms with E-state index in [0.717, 1.165) is 12.1 Å². The molecule has 1 aromatic carbocycles. The van der Waals surface area contributed by atoms with Crippen molar-refractivity contribution in [3.05, 3.63) is 47.8 Å². The van der Waals surface area contributed by atoms with E-state index in [2.05, 4.69) is 10.4 Å². The summed E-state index contributed by atoms with van der Waals surface area (Å²) >= 11 is 0. The van der Waals surface area contributed by atoms with Crippen molar-refractivity contribution in [2.45, 2.75) is 32.0 Å². The van der Waals surface area contributed by atoms with Gasteiger partial charge in [-0.3, -0.25) is 4.79 Å². The highest BCUT2D eigenvalue weighted by Crippen LogP contribution is 2.30. The van der Waals surface area contributed by atoms with Crippen molar-refractivity contribution < 1.29 is 23.1 Å². The Bertz CT molecular complexity index is 698. The number of amides is 1. The molecule has 1 heterocycles. The van der Waals surface area contributed by atoms with Gasteiger partial charge in [0.15, 0.2) is 5.69 Å². The Kier molecular flexibility index (Phi) is 5.61. The molecule has 2 N–H and O–H groups in total. The van der Waals surface area contributed by atoms with E-state index in [-0.39, 0.29) is 24.0 Å². The highest BCUT2D eigenvalue weighted by atomic mass is 19.4. The van der Waals surface area contributed by atoms with E-state index in [0.29, 0.717) is 12.8 Å². The molecule has 8 heteroatoms. The standard InChI is InChI=1S/C16H18F3N3O2/c1-11(4-3-9-23)20-15(24)14-7-8-22(21-14)13-6-2-5-12(10-13)16(17,18)19/h2,5-8,10-11,23H,3-4,9H2,1H3,(H,20,24). The first-order valence-corrected chi connectivity index (χ1v) is 7.46. The molecule has 1 atom stereocenters. The van der Waals surface area contributed by atoms with Crippen molar-refractivity contribution in [3.8, 4) is 5.69 Å². The first-order chi connectivity index (χ1) is 11.3. The highest BCUT2D eigenvalue weighted by Gasteiger charge is 2.30. The lowest BCUT2D eigenvalue weighted by atomic mass is 10.2. The van der Waals surface area contributed by atoms with Crippen molar-refractivity contribution in [1.82, 2.24) is 15.1 Å². The van der Waals surface area contributed by atoms with Crippen molar-refractivity contribution in [3.63, 3.8) is 0 Å². The summed E-state index contributed by atoms with van der Waals surface area (Å²) in [7, 11) is 0. The van der Waals surface area contributed by atoms with Crippen LogP contribution in [0.2, 0.25) is 0 Å². The molecule has 1 aromatic heterocycles. The van der Waals surface area contributed by atoms with E-state index < -0.39 is 17.6 Å². The lowest BCUT2D eigenvalue weighted by Gasteiger charge is -2.12. The zero-order valence-electron chi connectivity index (χ0n) is 13.0. The van der Waals surface area contributed by atoms with Gasteiger partial charge in [-0.1, -0.05) is 6.07 Å². The Morgan fingerprint density at radius 2 is 2.12 bits per heavy atom. The van der Waals surface area contributed by atoms with E-state index in [1.807, 2.05) is 0 Å². The summed E-state index contributed by atoms with van der Waals surface area (Å²) in [5, 5.41) is 15.5. The molecule has 0 spiro atoms. The SMILES string of the molecule is CC(CCCO)NC(=O)c1ccn(-c2cccc(C(F)(F)F)c2)n1. The molecule has 1 unspecified atom stereocenters. The molecular weight excluding hydrogens is 323 g/mol. The maximum absolute atomic E-state index is 12.8. The molecule has 0 aliphatic heterocycles. The molecule has 0 radical (unpaired) electrons. The maximum Gasteiger partial charge on any atom is 0.416 e. The topological polar surface area (TPSA) is 67.2 Å². The van der Waals surface area contributed by atoms with Crippen LogP contribution in [-0.4, -0.2) is 33.4 Å². The minimum Gasteiger partial charge on any atom is -0.396 e. The van der Waals surface area contributed by atoms with Crippen molar-refractivity contribution in [1.29, 1.82) is 0 Å². The molecule has 5 nitrogen and oxygen atoms in total. The van der Waals surface area contributed by atoms with E-state index in [1.165, 1.54) is 29.1 Å². The average Bonchev–Trinajstić information content (AvgIpc) is 3.02. The van der Waals surface area contributed by atoms with Crippen LogP contribution in [0.1, 0.15) is 35.8 Å². The van der Waals surface area contributed by atoms with Crippen LogP contribution in [0, 0.1) is 0 Å². The van der Waals surface area contributed by atoms with Gasteiger partial charge in [0, 0.05) is 18.8 Å². The summed E-state index contributed by atoms with van der Waals surface area (Å²) in [5.74, 6) is -0.411. The normalized spacial score (nSPS) is 12.9. The number of rotatable bonds is 6. The van der Waals surface area contributed by atoms with Crippen molar-refractivity contribution in [2.24, 2.45) is 0 Å². The molecule has 0 fully saturated rings. The van der Waals surface area contributed by atoms with Crippen LogP contribution >= 0.6 is 0 Å². The number of aliphatic hydroxyl groups is 1. The predicted octanol–water partition coefficient (Wildman–Crippen LogP) is 2.78. The minimum absolute atomic E-state index is 0.0460. The molecule has 0 aliphatic carbocycles. The molecule has 1 amide bonds. The molecule has 0 aliphatic rings. The fourth-order valence-electron chi connectivity index (χ4n) is 2.18. The third kappa shape index (κ3) is 4.58. The largest absolute Gasteiger partial charge is 0.416 e. The van der Waals surface area contributed by atoms with Gasteiger partial charge in [-0.25, -0.2) is 4.68 Å². The van der Waals surface area contributed by atoms with Gasteiger partial charge in [-0.15, -0.1) is 0 Å². The minimum atomic E-state index is -4.44. The van der Waals surface area contributed by atoms with Gasteiger partial charge in [0.25, 0.3) is 5.91 Å². The number of carbonyl (C=O) groups excluding carboxylic acids is 1. The summed E-state index contributed by atoms with van der Waals surface area (Å²) in [4.78, 5) is 12.1. The number of nitrogens with one attached hydrogen (secondary N) is 1. The van der Waals surface area contributed by atoms with Gasteiger partial charge in [-0.2, -0.15) is 18.3 Å². The van der Waals surface area contributed by atoms with Crippen LogP contribution in [0.3, 0.4) is 0 Å². The zero-order valence-corrected chi connectivity index (χ0v) is 13.0. The van der Waals surface area contributed by atoms with Gasteiger partial charge >= 0.3 is 6.18 Å². The van der Waals surface area contributed by atoms with E-state index in [4.69, 9.17) is 5.11 Å². The monoisotopic (exact) mass is 341 g/mol. The molecule has 0 bridgehead atoms. The predicted molar refractivity (Wildman–Crippen MR) is 81.8 cm³/mol. The molecule has 2 rings (SSSR count). The number of aromatic nitrogens is 2. The Hall–Kier alpha value is -2.35. The lowest BCUT2D eigenvalue weighted by molar-refractivity contribution is -0.137. The van der Waals surface area contributed by atoms with Gasteiger partial charge in [-0.05, 0) is 44.0 Å². The second kappa shape index (κ2) is 7.48. The molecule has 130 valence electrons. The fraction of sp³-hybridized carbons (Fsp3) is 0.375. The molecular formula is C16H18F3N3O2. The Morgan fingerprint density at radius 1 is 1.38 bits per heavy atom. The third-order valence-corrected chi connectivity index (χ3v) is 3.43. The van der Waals surface area contributed by atoms with Gasteiger partial charge in [0.1, 0.15) is 0 Å². The lowest BCUT2D eigenvalue weighted by Crippen LogP contribution is -2.33. The summed E-state index contributed by atoms with van der Waals surface area (Å²) in [6.07, 6.45) is -1.81. The molecule has 0 saturated heterocycles. The Morgan fingerprint density at radius 3 is 2.79 bits per heavy atom. The number of carbonyl (C=O) groups is 1. The zero-order chi connectivity index (χ0) is 17.7. The van der Waals surface area contributed by atoms with Crippen LogP contribution in [0.4, 0.5) is 13.2 Å². The second-order valence-corrected chi connectivity index (χ2v) is 5.43. The Balaban J connectivity index is 2.12. The average molecular weight is 341 g/mol. The number of halogens is 3. The van der Waals surface area contributed by atoms with Crippen LogP contribution < -0.4 is 5.32 Å². The van der Waals surface area contributed by atoms with E-state index >= 15 is 0 Å². The van der Waals surface area contributed by atoms with Crippen molar-refractivity contribution in [2.75, 3.05) is 6.61 Å². The summed E-state index contributed by atoms with van der Waals surface area (Å²) in [6, 6.07) is 6.02. The number of benzene rings is 1. The number of alkyl halides is 3. The third-order valence-electron chi connectivity index (χ3n) is 3.43. The first kappa shape index (κ1) is 18.0. The highest BCUT2D eigenvalue weighted by molar-refractivity contribution is 5.92. The van der Waals surface area contributed by atoms with Gasteiger partial charge in [0.05, 0.1) is 11.3 Å². The molecule has 24 heavy (non-hydrogen) atoms. The summed E-state index contributed by atoms with van der Waals surface area (Å²) < 4.78 is 39.5. The fourth-order valence-corrected chi connectivity index (χ4v) is 2.18. The van der Waals surface area contributed by atoms with Crippen LogP contribution in [-0.2, 0) is 6.18 Å². The van der Waals surface area contributed by atoms with E-state index in [1.54, 1.807) is 6.92 Å². The van der Waals surface area contributed by atoms with Crippen LogP contribution in [0.5, 0.6) is 0 Å². The van der Waals surface area contributed by atoms with Crippen LogP contribution in [0.15, 0.2) is 36.5 Å². The molecule has 2 aromatic rings. The quantitative estimate of drug-likeness (QED) is 0.849. The summed E-state index contributed by atoms with van der Waals surface area (Å²) in [5.41, 5.74) is -0.445. The number of hydrogen-bond acceptors (Lipinski definition) is 3. The van der Waals surface area contributed by atoms with Gasteiger partial charge in [0.2, 0.25) is 0 Å². The number of nitrogens with zero attached hydrogens (tertiary/aromatic N) is 2. The number of aliphatic hydroxyl groups excluding tert-OH is 1. The second-order valence-electron chi connectivity index (χ2n) is 5.43.